The first-order valence-electron chi connectivity index (χ1n) is 4.26. The van der Waals surface area contributed by atoms with Crippen molar-refractivity contribution in [2.45, 2.75) is 39.8 Å². The van der Waals surface area contributed by atoms with Crippen molar-refractivity contribution in [2.24, 2.45) is 0 Å². The summed E-state index contributed by atoms with van der Waals surface area (Å²) in [6, 6.07) is 0.359. The Kier molecular flexibility index (Phi) is 2.52. The van der Waals surface area contributed by atoms with Gasteiger partial charge in [0.2, 0.25) is 0 Å². The standard InChI is InChI=1S/C9H16N2O/c1-6(2)11-7(3)9(5-10-11)8(4)12/h5-6,8,12H,1-4H3. The molecule has 0 bridgehead atoms. The SMILES string of the molecule is Cc1c(C(C)O)cnn1C(C)C. The Morgan fingerprint density at radius 2 is 2.00 bits per heavy atom. The summed E-state index contributed by atoms with van der Waals surface area (Å²) in [7, 11) is 0. The van der Waals surface area contributed by atoms with E-state index in [2.05, 4.69) is 18.9 Å². The second-order valence-electron chi connectivity index (χ2n) is 3.40. The molecule has 0 aliphatic rings. The minimum atomic E-state index is -0.419. The Morgan fingerprint density at radius 1 is 1.42 bits per heavy atom. The smallest absolute Gasteiger partial charge is 0.0795 e. The molecular weight excluding hydrogens is 152 g/mol. The van der Waals surface area contributed by atoms with Crippen molar-refractivity contribution in [3.8, 4) is 0 Å². The molecular formula is C9H16N2O. The van der Waals surface area contributed by atoms with E-state index in [0.717, 1.165) is 11.3 Å². The number of hydrogen-bond acceptors (Lipinski definition) is 2. The van der Waals surface area contributed by atoms with Gasteiger partial charge in [0, 0.05) is 17.3 Å². The van der Waals surface area contributed by atoms with Crippen LogP contribution in [0.25, 0.3) is 0 Å². The van der Waals surface area contributed by atoms with E-state index in [4.69, 9.17) is 0 Å². The first-order valence-corrected chi connectivity index (χ1v) is 4.26. The Morgan fingerprint density at radius 3 is 2.25 bits per heavy atom. The summed E-state index contributed by atoms with van der Waals surface area (Å²) < 4.78 is 1.92. The van der Waals surface area contributed by atoms with Gasteiger partial charge in [0.15, 0.2) is 0 Å². The zero-order valence-electron chi connectivity index (χ0n) is 8.07. The van der Waals surface area contributed by atoms with E-state index >= 15 is 0 Å². The van der Waals surface area contributed by atoms with Gasteiger partial charge in [-0.25, -0.2) is 0 Å². The summed E-state index contributed by atoms with van der Waals surface area (Å²) >= 11 is 0. The molecule has 0 amide bonds. The van der Waals surface area contributed by atoms with Crippen molar-refractivity contribution in [3.05, 3.63) is 17.5 Å². The molecule has 1 aromatic heterocycles. The van der Waals surface area contributed by atoms with Gasteiger partial charge in [0.25, 0.3) is 0 Å². The lowest BCUT2D eigenvalue weighted by atomic mass is 10.2. The van der Waals surface area contributed by atoms with Crippen LogP contribution in [0.5, 0.6) is 0 Å². The van der Waals surface area contributed by atoms with Gasteiger partial charge in [-0.3, -0.25) is 4.68 Å². The normalized spacial score (nSPS) is 13.8. The highest BCUT2D eigenvalue weighted by Gasteiger charge is 2.11. The molecule has 0 saturated carbocycles. The maximum atomic E-state index is 9.35. The zero-order chi connectivity index (χ0) is 9.30. The topological polar surface area (TPSA) is 38.1 Å². The molecule has 0 fully saturated rings. The molecule has 0 aliphatic carbocycles. The maximum Gasteiger partial charge on any atom is 0.0795 e. The summed E-state index contributed by atoms with van der Waals surface area (Å²) in [6.45, 7) is 7.89. The number of aromatic nitrogens is 2. The first-order chi connectivity index (χ1) is 5.54. The predicted molar refractivity (Wildman–Crippen MR) is 48.0 cm³/mol. The van der Waals surface area contributed by atoms with Gasteiger partial charge >= 0.3 is 0 Å². The minimum Gasteiger partial charge on any atom is -0.389 e. The van der Waals surface area contributed by atoms with Gasteiger partial charge in [-0.05, 0) is 27.7 Å². The lowest BCUT2D eigenvalue weighted by molar-refractivity contribution is 0.198. The average Bonchev–Trinajstić information content (AvgIpc) is 2.30. The molecule has 12 heavy (non-hydrogen) atoms. The highest BCUT2D eigenvalue weighted by Crippen LogP contribution is 2.18. The van der Waals surface area contributed by atoms with Crippen LogP contribution in [0.1, 0.15) is 44.2 Å². The number of rotatable bonds is 2. The van der Waals surface area contributed by atoms with Crippen LogP contribution in [0.4, 0.5) is 0 Å². The van der Waals surface area contributed by atoms with Crippen molar-refractivity contribution in [1.82, 2.24) is 9.78 Å². The van der Waals surface area contributed by atoms with E-state index in [-0.39, 0.29) is 0 Å². The second-order valence-corrected chi connectivity index (χ2v) is 3.40. The van der Waals surface area contributed by atoms with E-state index in [9.17, 15) is 5.11 Å². The van der Waals surface area contributed by atoms with E-state index < -0.39 is 6.10 Å². The Bertz CT molecular complexity index is 238. The van der Waals surface area contributed by atoms with Gasteiger partial charge < -0.3 is 5.11 Å². The Hall–Kier alpha value is -0.830. The Labute approximate surface area is 73.0 Å². The first kappa shape index (κ1) is 9.26. The molecule has 3 heteroatoms. The third-order valence-corrected chi connectivity index (χ3v) is 2.02. The van der Waals surface area contributed by atoms with Gasteiger partial charge in [0.1, 0.15) is 0 Å². The van der Waals surface area contributed by atoms with Gasteiger partial charge in [-0.1, -0.05) is 0 Å². The fourth-order valence-corrected chi connectivity index (χ4v) is 1.37. The summed E-state index contributed by atoms with van der Waals surface area (Å²) in [5, 5.41) is 13.5. The Balaban J connectivity index is 3.04. The highest BCUT2D eigenvalue weighted by molar-refractivity contribution is 5.18. The minimum absolute atomic E-state index is 0.359. The van der Waals surface area contributed by atoms with Crippen LogP contribution in [0.2, 0.25) is 0 Å². The van der Waals surface area contributed by atoms with Crippen LogP contribution in [0, 0.1) is 6.92 Å². The van der Waals surface area contributed by atoms with Crippen molar-refractivity contribution < 1.29 is 5.11 Å². The molecule has 1 rings (SSSR count). The third-order valence-electron chi connectivity index (χ3n) is 2.02. The quantitative estimate of drug-likeness (QED) is 0.731. The van der Waals surface area contributed by atoms with E-state index in [1.165, 1.54) is 0 Å². The molecule has 0 aliphatic heterocycles. The molecule has 0 spiro atoms. The molecule has 3 nitrogen and oxygen atoms in total. The highest BCUT2D eigenvalue weighted by atomic mass is 16.3. The summed E-state index contributed by atoms with van der Waals surface area (Å²) in [4.78, 5) is 0. The number of hydrogen-bond donors (Lipinski definition) is 1. The van der Waals surface area contributed by atoms with E-state index in [1.54, 1.807) is 13.1 Å². The molecule has 0 saturated heterocycles. The zero-order valence-corrected chi connectivity index (χ0v) is 8.07. The fraction of sp³-hybridized carbons (Fsp3) is 0.667. The molecule has 1 atom stereocenters. The molecule has 1 unspecified atom stereocenters. The van der Waals surface area contributed by atoms with E-state index in [1.807, 2.05) is 11.6 Å². The molecule has 68 valence electrons. The van der Waals surface area contributed by atoms with Crippen LogP contribution in [-0.4, -0.2) is 14.9 Å². The van der Waals surface area contributed by atoms with Crippen LogP contribution in [-0.2, 0) is 0 Å². The summed E-state index contributed by atoms with van der Waals surface area (Å²) in [5.41, 5.74) is 1.98. The predicted octanol–water partition coefficient (Wildman–Crippen LogP) is 1.83. The van der Waals surface area contributed by atoms with Gasteiger partial charge in [-0.2, -0.15) is 5.10 Å². The number of aliphatic hydroxyl groups is 1. The third kappa shape index (κ3) is 1.50. The van der Waals surface area contributed by atoms with Crippen molar-refractivity contribution in [1.29, 1.82) is 0 Å². The largest absolute Gasteiger partial charge is 0.389 e. The molecule has 1 N–H and O–H groups in total. The molecule has 1 aromatic rings. The number of aliphatic hydroxyl groups excluding tert-OH is 1. The molecule has 1 heterocycles. The van der Waals surface area contributed by atoms with Crippen molar-refractivity contribution in [3.63, 3.8) is 0 Å². The maximum absolute atomic E-state index is 9.35. The van der Waals surface area contributed by atoms with Gasteiger partial charge in [0.05, 0.1) is 12.3 Å². The fourth-order valence-electron chi connectivity index (χ4n) is 1.37. The van der Waals surface area contributed by atoms with Crippen molar-refractivity contribution in [2.75, 3.05) is 0 Å². The lowest BCUT2D eigenvalue weighted by Crippen LogP contribution is -2.05. The van der Waals surface area contributed by atoms with E-state index in [0.29, 0.717) is 6.04 Å². The van der Waals surface area contributed by atoms with Crippen LogP contribution < -0.4 is 0 Å². The van der Waals surface area contributed by atoms with Gasteiger partial charge in [-0.15, -0.1) is 0 Å². The average molecular weight is 168 g/mol. The van der Waals surface area contributed by atoms with Crippen LogP contribution >= 0.6 is 0 Å². The summed E-state index contributed by atoms with van der Waals surface area (Å²) in [6.07, 6.45) is 1.32. The summed E-state index contributed by atoms with van der Waals surface area (Å²) in [5.74, 6) is 0. The molecule has 0 aromatic carbocycles. The lowest BCUT2D eigenvalue weighted by Gasteiger charge is -2.09. The monoisotopic (exact) mass is 168 g/mol. The number of nitrogens with zero attached hydrogens (tertiary/aromatic N) is 2. The van der Waals surface area contributed by atoms with Crippen LogP contribution in [0.15, 0.2) is 6.20 Å². The molecule has 0 radical (unpaired) electrons. The van der Waals surface area contributed by atoms with Crippen LogP contribution in [0.3, 0.4) is 0 Å². The van der Waals surface area contributed by atoms with Crippen molar-refractivity contribution >= 4 is 0 Å². The second kappa shape index (κ2) is 3.27.